The molecule has 0 aliphatic heterocycles. The van der Waals surface area contributed by atoms with Crippen LogP contribution in [0.1, 0.15) is 35.7 Å². The molecule has 10 heteroatoms. The number of aromatic nitrogens is 6. The molecule has 186 valence electrons. The lowest BCUT2D eigenvalue weighted by Gasteiger charge is -2.22. The van der Waals surface area contributed by atoms with E-state index in [2.05, 4.69) is 60.7 Å². The third kappa shape index (κ3) is 4.99. The molecule has 1 amide bonds. The number of carbonyl (C=O) groups excluding carboxylic acids is 1. The average Bonchev–Trinajstić information content (AvgIpc) is 3.50. The average molecular weight is 495 g/mol. The minimum Gasteiger partial charge on any atom is -0.423 e. The van der Waals surface area contributed by atoms with E-state index < -0.39 is 0 Å². The van der Waals surface area contributed by atoms with Gasteiger partial charge in [0.2, 0.25) is 12.3 Å². The van der Waals surface area contributed by atoms with Crippen LogP contribution < -0.4 is 10.6 Å². The summed E-state index contributed by atoms with van der Waals surface area (Å²) >= 11 is 0. The number of fused-ring (bicyclic) bond motifs is 1. The predicted octanol–water partition coefficient (Wildman–Crippen LogP) is 4.35. The molecule has 4 aromatic heterocycles. The normalized spacial score (nSPS) is 12.7. The Kier molecular flexibility index (Phi) is 6.80. The Morgan fingerprint density at radius 1 is 1.05 bits per heavy atom. The van der Waals surface area contributed by atoms with Crippen molar-refractivity contribution in [1.82, 2.24) is 35.5 Å². The highest BCUT2D eigenvalue weighted by molar-refractivity contribution is 6.06. The molecular weight excluding hydrogens is 468 g/mol. The highest BCUT2D eigenvalue weighted by Crippen LogP contribution is 2.31. The Morgan fingerprint density at radius 2 is 1.92 bits per heavy atom. The smallest absolute Gasteiger partial charge is 0.251 e. The zero-order chi connectivity index (χ0) is 25.8. The van der Waals surface area contributed by atoms with Crippen LogP contribution in [0.4, 0.5) is 5.82 Å². The van der Waals surface area contributed by atoms with Crippen molar-refractivity contribution < 1.29 is 9.21 Å². The zero-order valence-corrected chi connectivity index (χ0v) is 20.7. The third-order valence-electron chi connectivity index (χ3n) is 6.53. The number of benzene rings is 1. The van der Waals surface area contributed by atoms with Gasteiger partial charge in [-0.1, -0.05) is 32.0 Å². The number of nitrogens with zero attached hydrogens (tertiary/aromatic N) is 6. The number of carbonyl (C=O) groups is 1. The van der Waals surface area contributed by atoms with Gasteiger partial charge in [0.1, 0.15) is 12.1 Å². The largest absolute Gasteiger partial charge is 0.423 e. The Balaban J connectivity index is 1.32. The molecule has 5 rings (SSSR count). The molecule has 0 saturated heterocycles. The molecule has 2 N–H and O–H groups in total. The summed E-state index contributed by atoms with van der Waals surface area (Å²) in [4.78, 5) is 30.0. The van der Waals surface area contributed by atoms with E-state index in [-0.39, 0.29) is 17.7 Å². The van der Waals surface area contributed by atoms with Crippen LogP contribution in [-0.4, -0.2) is 49.6 Å². The Labute approximate surface area is 213 Å². The van der Waals surface area contributed by atoms with E-state index >= 15 is 0 Å². The number of amides is 1. The van der Waals surface area contributed by atoms with Gasteiger partial charge < -0.3 is 15.1 Å². The molecule has 2 atom stereocenters. The van der Waals surface area contributed by atoms with Gasteiger partial charge in [0.15, 0.2) is 0 Å². The molecule has 0 saturated carbocycles. The summed E-state index contributed by atoms with van der Waals surface area (Å²) in [7, 11) is 1.63. The van der Waals surface area contributed by atoms with Crippen molar-refractivity contribution >= 4 is 22.6 Å². The number of para-hydroxylation sites is 1. The highest BCUT2D eigenvalue weighted by Gasteiger charge is 2.19. The molecule has 10 nitrogen and oxygen atoms in total. The molecule has 0 radical (unpaired) electrons. The second-order valence-electron chi connectivity index (χ2n) is 8.82. The second-order valence-corrected chi connectivity index (χ2v) is 8.82. The topological polar surface area (TPSA) is 132 Å². The van der Waals surface area contributed by atoms with Gasteiger partial charge in [-0.2, -0.15) is 0 Å². The zero-order valence-electron chi connectivity index (χ0n) is 20.7. The summed E-state index contributed by atoms with van der Waals surface area (Å²) in [6.07, 6.45) is 7.90. The number of hydrogen-bond acceptors (Lipinski definition) is 9. The summed E-state index contributed by atoms with van der Waals surface area (Å²) in [5, 5.41) is 14.7. The number of pyridine rings is 2. The lowest BCUT2D eigenvalue weighted by molar-refractivity contribution is 0.0964. The van der Waals surface area contributed by atoms with Gasteiger partial charge in [0.05, 0.1) is 22.3 Å². The number of rotatable bonds is 8. The van der Waals surface area contributed by atoms with Crippen LogP contribution in [0.3, 0.4) is 0 Å². The van der Waals surface area contributed by atoms with Crippen molar-refractivity contribution in [3.63, 3.8) is 0 Å². The molecule has 0 spiro atoms. The molecule has 0 aliphatic carbocycles. The van der Waals surface area contributed by atoms with E-state index in [0.717, 1.165) is 27.7 Å². The standard InChI is InChI=1S/C27H26N8O2/c1-16(17(2)20-5-4-6-21-22(26(36)28-3)7-8-30-25(20)21)11-31-24-10-23(32-14-33-24)18-9-19(13-29-12-18)27-35-34-15-37-27/h4-10,12-17H,11H2,1-3H3,(H,28,36)(H,31,32,33). The monoisotopic (exact) mass is 494 g/mol. The minimum absolute atomic E-state index is 0.121. The van der Waals surface area contributed by atoms with Crippen molar-refractivity contribution in [3.8, 4) is 22.7 Å². The van der Waals surface area contributed by atoms with Crippen molar-refractivity contribution in [2.75, 3.05) is 18.9 Å². The summed E-state index contributed by atoms with van der Waals surface area (Å²) in [6.45, 7) is 5.04. The molecule has 0 aliphatic rings. The van der Waals surface area contributed by atoms with E-state index in [1.54, 1.807) is 31.7 Å². The highest BCUT2D eigenvalue weighted by atomic mass is 16.4. The Bertz CT molecular complexity index is 1540. The van der Waals surface area contributed by atoms with E-state index in [1.165, 1.54) is 12.7 Å². The summed E-state index contributed by atoms with van der Waals surface area (Å²) in [6, 6.07) is 11.5. The lowest BCUT2D eigenvalue weighted by Crippen LogP contribution is -2.19. The maximum Gasteiger partial charge on any atom is 0.251 e. The number of hydrogen-bond donors (Lipinski definition) is 2. The van der Waals surface area contributed by atoms with Gasteiger partial charge in [-0.05, 0) is 29.5 Å². The summed E-state index contributed by atoms with van der Waals surface area (Å²) in [5.41, 5.74) is 4.83. The maximum absolute atomic E-state index is 12.3. The quantitative estimate of drug-likeness (QED) is 0.323. The van der Waals surface area contributed by atoms with Crippen molar-refractivity contribution in [3.05, 3.63) is 78.8 Å². The molecule has 0 bridgehead atoms. The molecule has 0 fully saturated rings. The fraction of sp³-hybridized carbons (Fsp3) is 0.222. The van der Waals surface area contributed by atoms with E-state index in [9.17, 15) is 4.79 Å². The van der Waals surface area contributed by atoms with Crippen LogP contribution in [0.2, 0.25) is 0 Å². The first-order valence-corrected chi connectivity index (χ1v) is 11.9. The molecule has 37 heavy (non-hydrogen) atoms. The molecule has 4 heterocycles. The summed E-state index contributed by atoms with van der Waals surface area (Å²) in [5.74, 6) is 1.42. The second kappa shape index (κ2) is 10.5. The van der Waals surface area contributed by atoms with Crippen LogP contribution in [-0.2, 0) is 0 Å². The van der Waals surface area contributed by atoms with Gasteiger partial charge in [-0.3, -0.25) is 14.8 Å². The van der Waals surface area contributed by atoms with Gasteiger partial charge in [-0.25, -0.2) is 9.97 Å². The van der Waals surface area contributed by atoms with Gasteiger partial charge in [-0.15, -0.1) is 10.2 Å². The minimum atomic E-state index is -0.121. The lowest BCUT2D eigenvalue weighted by atomic mass is 9.87. The van der Waals surface area contributed by atoms with Crippen molar-refractivity contribution in [2.45, 2.75) is 19.8 Å². The SMILES string of the molecule is CNC(=O)c1ccnc2c(C(C)C(C)CNc3cc(-c4cncc(-c5nnco5)c4)ncn3)cccc12. The number of nitrogens with one attached hydrogen (secondary N) is 2. The predicted molar refractivity (Wildman–Crippen MR) is 140 cm³/mol. The fourth-order valence-electron chi connectivity index (χ4n) is 4.26. The first-order valence-electron chi connectivity index (χ1n) is 11.9. The first kappa shape index (κ1) is 24.0. The van der Waals surface area contributed by atoms with Gasteiger partial charge in [0, 0.05) is 49.2 Å². The van der Waals surface area contributed by atoms with Crippen molar-refractivity contribution in [1.29, 1.82) is 0 Å². The number of anilines is 1. The van der Waals surface area contributed by atoms with Gasteiger partial charge in [0.25, 0.3) is 5.91 Å². The van der Waals surface area contributed by atoms with Crippen LogP contribution in [0, 0.1) is 5.92 Å². The van der Waals surface area contributed by atoms with E-state index in [4.69, 9.17) is 4.42 Å². The maximum atomic E-state index is 12.3. The third-order valence-corrected chi connectivity index (χ3v) is 6.53. The van der Waals surface area contributed by atoms with Crippen LogP contribution in [0.25, 0.3) is 33.6 Å². The van der Waals surface area contributed by atoms with Crippen LogP contribution >= 0.6 is 0 Å². The fourth-order valence-corrected chi connectivity index (χ4v) is 4.26. The van der Waals surface area contributed by atoms with Crippen LogP contribution in [0.5, 0.6) is 0 Å². The van der Waals surface area contributed by atoms with Crippen molar-refractivity contribution in [2.24, 2.45) is 5.92 Å². The van der Waals surface area contributed by atoms with E-state index in [0.29, 0.717) is 29.4 Å². The summed E-state index contributed by atoms with van der Waals surface area (Å²) < 4.78 is 5.28. The first-order chi connectivity index (χ1) is 18.0. The Hall–Kier alpha value is -4.73. The van der Waals surface area contributed by atoms with Crippen LogP contribution in [0.15, 0.2) is 72.1 Å². The van der Waals surface area contributed by atoms with E-state index in [1.807, 2.05) is 24.3 Å². The molecule has 1 aromatic carbocycles. The molecule has 5 aromatic rings. The molecule has 2 unspecified atom stereocenters. The Morgan fingerprint density at radius 3 is 2.73 bits per heavy atom. The van der Waals surface area contributed by atoms with Gasteiger partial charge >= 0.3 is 0 Å². The molecular formula is C27H26N8O2.